The Hall–Kier alpha value is -1.68. The monoisotopic (exact) mass is 264 g/mol. The van der Waals surface area contributed by atoms with Gasteiger partial charge in [0.25, 0.3) is 0 Å². The molecule has 0 unspecified atom stereocenters. The van der Waals surface area contributed by atoms with Crippen LogP contribution in [0, 0.1) is 11.6 Å². The summed E-state index contributed by atoms with van der Waals surface area (Å²) >= 11 is 0. The predicted molar refractivity (Wildman–Crippen MR) is 71.9 cm³/mol. The molecule has 1 aromatic heterocycles. The van der Waals surface area contributed by atoms with E-state index in [1.165, 1.54) is 18.2 Å². The molecule has 0 atom stereocenters. The molecule has 1 N–H and O–H groups in total. The lowest BCUT2D eigenvalue weighted by molar-refractivity contribution is 0.544. The van der Waals surface area contributed by atoms with Crippen LogP contribution in [0.25, 0.3) is 0 Å². The van der Waals surface area contributed by atoms with Crippen molar-refractivity contribution in [3.63, 3.8) is 0 Å². The SMILES string of the molecule is CCCNCc1ccn(Cc2c(F)cccc2F)c1. The fourth-order valence-electron chi connectivity index (χ4n) is 1.97. The molecule has 0 bridgehead atoms. The second-order valence-corrected chi connectivity index (χ2v) is 4.57. The van der Waals surface area contributed by atoms with Crippen molar-refractivity contribution in [3.8, 4) is 0 Å². The van der Waals surface area contributed by atoms with Crippen LogP contribution in [0.3, 0.4) is 0 Å². The largest absolute Gasteiger partial charge is 0.349 e. The second kappa shape index (κ2) is 6.48. The molecule has 0 spiro atoms. The zero-order valence-electron chi connectivity index (χ0n) is 11.0. The summed E-state index contributed by atoms with van der Waals surface area (Å²) in [5.41, 5.74) is 1.22. The molecular formula is C15H18F2N2. The molecular weight excluding hydrogens is 246 g/mol. The fourth-order valence-corrected chi connectivity index (χ4v) is 1.97. The lowest BCUT2D eigenvalue weighted by Gasteiger charge is -2.06. The van der Waals surface area contributed by atoms with Gasteiger partial charge in [0.15, 0.2) is 0 Å². The quantitative estimate of drug-likeness (QED) is 0.792. The Morgan fingerprint density at radius 3 is 2.58 bits per heavy atom. The van der Waals surface area contributed by atoms with E-state index in [4.69, 9.17) is 0 Å². The molecule has 0 aliphatic rings. The molecule has 0 saturated carbocycles. The van der Waals surface area contributed by atoms with E-state index in [9.17, 15) is 8.78 Å². The molecule has 2 rings (SSSR count). The van der Waals surface area contributed by atoms with Crippen LogP contribution in [-0.4, -0.2) is 11.1 Å². The second-order valence-electron chi connectivity index (χ2n) is 4.57. The Morgan fingerprint density at radius 1 is 1.16 bits per heavy atom. The maximum Gasteiger partial charge on any atom is 0.131 e. The van der Waals surface area contributed by atoms with Crippen LogP contribution in [0.15, 0.2) is 36.7 Å². The topological polar surface area (TPSA) is 17.0 Å². The molecule has 0 radical (unpaired) electrons. The molecule has 1 heterocycles. The van der Waals surface area contributed by atoms with E-state index in [-0.39, 0.29) is 12.1 Å². The van der Waals surface area contributed by atoms with Gasteiger partial charge in [-0.2, -0.15) is 0 Å². The minimum absolute atomic E-state index is 0.103. The van der Waals surface area contributed by atoms with Crippen molar-refractivity contribution in [2.24, 2.45) is 0 Å². The van der Waals surface area contributed by atoms with Gasteiger partial charge in [0, 0.05) is 24.5 Å². The van der Waals surface area contributed by atoms with E-state index in [0.29, 0.717) is 0 Å². The van der Waals surface area contributed by atoms with Crippen molar-refractivity contribution in [2.45, 2.75) is 26.4 Å². The summed E-state index contributed by atoms with van der Waals surface area (Å²) < 4.78 is 28.8. The highest BCUT2D eigenvalue weighted by molar-refractivity contribution is 5.21. The van der Waals surface area contributed by atoms with Crippen LogP contribution < -0.4 is 5.32 Å². The van der Waals surface area contributed by atoms with E-state index in [1.807, 2.05) is 18.5 Å². The normalized spacial score (nSPS) is 10.9. The van der Waals surface area contributed by atoms with Crippen LogP contribution in [0.5, 0.6) is 0 Å². The van der Waals surface area contributed by atoms with E-state index in [1.54, 1.807) is 4.57 Å². The van der Waals surface area contributed by atoms with Gasteiger partial charge in [-0.05, 0) is 36.7 Å². The summed E-state index contributed by atoms with van der Waals surface area (Å²) in [5, 5.41) is 3.29. The summed E-state index contributed by atoms with van der Waals surface area (Å²) in [7, 11) is 0. The van der Waals surface area contributed by atoms with Crippen molar-refractivity contribution in [2.75, 3.05) is 6.54 Å². The molecule has 0 amide bonds. The molecule has 0 saturated heterocycles. The zero-order chi connectivity index (χ0) is 13.7. The highest BCUT2D eigenvalue weighted by Crippen LogP contribution is 2.14. The first-order valence-corrected chi connectivity index (χ1v) is 6.49. The Balaban J connectivity index is 2.03. The molecule has 0 aliphatic heterocycles. The van der Waals surface area contributed by atoms with Crippen LogP contribution in [0.2, 0.25) is 0 Å². The van der Waals surface area contributed by atoms with Gasteiger partial charge in [0.05, 0.1) is 6.54 Å². The molecule has 2 aromatic rings. The first-order valence-electron chi connectivity index (χ1n) is 6.49. The van der Waals surface area contributed by atoms with E-state index < -0.39 is 11.6 Å². The number of halogens is 2. The predicted octanol–water partition coefficient (Wildman–Crippen LogP) is 3.31. The summed E-state index contributed by atoms with van der Waals surface area (Å²) in [4.78, 5) is 0. The lowest BCUT2D eigenvalue weighted by Crippen LogP contribution is -2.13. The molecule has 19 heavy (non-hydrogen) atoms. The standard InChI is InChI=1S/C15H18F2N2/c1-2-7-18-9-12-6-8-19(10-12)11-13-14(16)4-3-5-15(13)17/h3-6,8,10,18H,2,7,9,11H2,1H3. The maximum atomic E-state index is 13.5. The summed E-state index contributed by atoms with van der Waals surface area (Å²) in [6, 6.07) is 5.91. The fraction of sp³-hybridized carbons (Fsp3) is 0.333. The van der Waals surface area contributed by atoms with Crippen molar-refractivity contribution in [1.29, 1.82) is 0 Å². The summed E-state index contributed by atoms with van der Waals surface area (Å²) in [6.07, 6.45) is 4.84. The van der Waals surface area contributed by atoms with Crippen molar-refractivity contribution < 1.29 is 8.78 Å². The van der Waals surface area contributed by atoms with Crippen LogP contribution >= 0.6 is 0 Å². The van der Waals surface area contributed by atoms with Gasteiger partial charge in [-0.15, -0.1) is 0 Å². The van der Waals surface area contributed by atoms with E-state index >= 15 is 0 Å². The Morgan fingerprint density at radius 2 is 1.89 bits per heavy atom. The van der Waals surface area contributed by atoms with Gasteiger partial charge < -0.3 is 9.88 Å². The molecule has 2 nitrogen and oxygen atoms in total. The number of hydrogen-bond acceptors (Lipinski definition) is 1. The Bertz CT molecular complexity index is 514. The highest BCUT2D eigenvalue weighted by atomic mass is 19.1. The van der Waals surface area contributed by atoms with E-state index in [2.05, 4.69) is 12.2 Å². The van der Waals surface area contributed by atoms with Gasteiger partial charge in [-0.1, -0.05) is 13.0 Å². The van der Waals surface area contributed by atoms with Crippen molar-refractivity contribution in [1.82, 2.24) is 9.88 Å². The third-order valence-electron chi connectivity index (χ3n) is 2.97. The first kappa shape index (κ1) is 13.7. The highest BCUT2D eigenvalue weighted by Gasteiger charge is 2.08. The Labute approximate surface area is 112 Å². The number of nitrogens with zero attached hydrogens (tertiary/aromatic N) is 1. The van der Waals surface area contributed by atoms with Crippen LogP contribution in [0.1, 0.15) is 24.5 Å². The van der Waals surface area contributed by atoms with Crippen LogP contribution in [0.4, 0.5) is 8.78 Å². The molecule has 102 valence electrons. The van der Waals surface area contributed by atoms with Gasteiger partial charge in [0.1, 0.15) is 11.6 Å². The van der Waals surface area contributed by atoms with E-state index in [0.717, 1.165) is 25.1 Å². The summed E-state index contributed by atoms with van der Waals surface area (Å²) in [5.74, 6) is -1.00. The average molecular weight is 264 g/mol. The van der Waals surface area contributed by atoms with Gasteiger partial charge in [-0.3, -0.25) is 0 Å². The number of nitrogens with one attached hydrogen (secondary N) is 1. The number of hydrogen-bond donors (Lipinski definition) is 1. The lowest BCUT2D eigenvalue weighted by atomic mass is 10.2. The molecule has 4 heteroatoms. The minimum atomic E-state index is -0.501. The number of benzene rings is 1. The van der Waals surface area contributed by atoms with Crippen molar-refractivity contribution in [3.05, 3.63) is 59.4 Å². The van der Waals surface area contributed by atoms with Crippen molar-refractivity contribution >= 4 is 0 Å². The number of rotatable bonds is 6. The third-order valence-corrected chi connectivity index (χ3v) is 2.97. The van der Waals surface area contributed by atoms with Gasteiger partial charge in [-0.25, -0.2) is 8.78 Å². The molecule has 0 aliphatic carbocycles. The number of aromatic nitrogens is 1. The first-order chi connectivity index (χ1) is 9.20. The smallest absolute Gasteiger partial charge is 0.131 e. The van der Waals surface area contributed by atoms with Crippen LogP contribution in [-0.2, 0) is 13.1 Å². The maximum absolute atomic E-state index is 13.5. The third kappa shape index (κ3) is 3.64. The molecule has 0 fully saturated rings. The average Bonchev–Trinajstić information content (AvgIpc) is 2.82. The summed E-state index contributed by atoms with van der Waals surface area (Å²) in [6.45, 7) is 4.07. The molecule has 1 aromatic carbocycles. The zero-order valence-corrected chi connectivity index (χ0v) is 11.0. The Kier molecular flexibility index (Phi) is 4.68. The van der Waals surface area contributed by atoms with Gasteiger partial charge in [0.2, 0.25) is 0 Å². The van der Waals surface area contributed by atoms with Gasteiger partial charge >= 0.3 is 0 Å². The minimum Gasteiger partial charge on any atom is -0.349 e.